The lowest BCUT2D eigenvalue weighted by molar-refractivity contribution is 0.584. The number of H-pyrrole nitrogens is 1. The minimum absolute atomic E-state index is 0.0767. The molecule has 2 N–H and O–H groups in total. The zero-order valence-corrected chi connectivity index (χ0v) is 10.1. The molecule has 0 unspecified atom stereocenters. The summed E-state index contributed by atoms with van der Waals surface area (Å²) in [4.78, 5) is -0.0767. The Kier molecular flexibility index (Phi) is 3.04. The standard InChI is InChI=1S/C10H9F2N3O2S/c1-6-10(5-13-14-6)18(16,17)15-9-3-7(11)2-8(12)4-9/h2-5,15H,1H3,(H,13,14). The molecule has 0 saturated carbocycles. The summed E-state index contributed by atoms with van der Waals surface area (Å²) in [5.74, 6) is -1.73. The number of hydrogen-bond acceptors (Lipinski definition) is 3. The summed E-state index contributed by atoms with van der Waals surface area (Å²) in [5.41, 5.74) is 0.146. The highest BCUT2D eigenvalue weighted by Crippen LogP contribution is 2.19. The van der Waals surface area contributed by atoms with Gasteiger partial charge < -0.3 is 0 Å². The Bertz CT molecular complexity index is 662. The topological polar surface area (TPSA) is 74.8 Å². The van der Waals surface area contributed by atoms with Crippen LogP contribution in [0.1, 0.15) is 5.69 Å². The molecule has 0 aliphatic rings. The Hall–Kier alpha value is -1.96. The summed E-state index contributed by atoms with van der Waals surface area (Å²) in [7, 11) is -3.91. The SMILES string of the molecule is Cc1[nH]ncc1S(=O)(=O)Nc1cc(F)cc(F)c1. The van der Waals surface area contributed by atoms with Crippen molar-refractivity contribution in [3.05, 3.63) is 41.7 Å². The number of sulfonamides is 1. The maximum absolute atomic E-state index is 12.9. The lowest BCUT2D eigenvalue weighted by atomic mass is 10.3. The van der Waals surface area contributed by atoms with Gasteiger partial charge in [-0.3, -0.25) is 9.82 Å². The fourth-order valence-corrected chi connectivity index (χ4v) is 2.61. The van der Waals surface area contributed by atoms with E-state index in [1.165, 1.54) is 6.92 Å². The Morgan fingerprint density at radius 3 is 2.33 bits per heavy atom. The number of benzene rings is 1. The summed E-state index contributed by atoms with van der Waals surface area (Å²) in [6.07, 6.45) is 1.12. The first-order valence-corrected chi connectivity index (χ1v) is 6.36. The second-order valence-corrected chi connectivity index (χ2v) is 5.27. The number of halogens is 2. The molecule has 8 heteroatoms. The number of aromatic amines is 1. The van der Waals surface area contributed by atoms with Crippen LogP contribution < -0.4 is 4.72 Å². The second-order valence-electron chi connectivity index (χ2n) is 3.62. The number of rotatable bonds is 3. The quantitative estimate of drug-likeness (QED) is 0.895. The van der Waals surface area contributed by atoms with Crippen molar-refractivity contribution in [3.8, 4) is 0 Å². The van der Waals surface area contributed by atoms with Gasteiger partial charge in [0, 0.05) is 6.07 Å². The average molecular weight is 273 g/mol. The van der Waals surface area contributed by atoms with Crippen LogP contribution in [0.25, 0.3) is 0 Å². The maximum atomic E-state index is 12.9. The monoisotopic (exact) mass is 273 g/mol. The summed E-state index contributed by atoms with van der Waals surface area (Å²) in [5, 5.41) is 6.04. The second kappa shape index (κ2) is 4.37. The zero-order chi connectivity index (χ0) is 13.3. The van der Waals surface area contributed by atoms with E-state index in [0.29, 0.717) is 11.8 Å². The molecule has 1 aromatic carbocycles. The number of aromatic nitrogens is 2. The van der Waals surface area contributed by atoms with Crippen LogP contribution >= 0.6 is 0 Å². The number of anilines is 1. The third-order valence-electron chi connectivity index (χ3n) is 2.19. The van der Waals surface area contributed by atoms with E-state index < -0.39 is 21.7 Å². The molecule has 96 valence electrons. The molecule has 0 aliphatic carbocycles. The summed E-state index contributed by atoms with van der Waals surface area (Å²) in [6, 6.07) is 2.42. The summed E-state index contributed by atoms with van der Waals surface area (Å²) in [6.45, 7) is 1.52. The fraction of sp³-hybridized carbons (Fsp3) is 0.100. The van der Waals surface area contributed by atoms with Gasteiger partial charge in [0.25, 0.3) is 10.0 Å². The van der Waals surface area contributed by atoms with Crippen LogP contribution in [0.4, 0.5) is 14.5 Å². The first-order chi connectivity index (χ1) is 8.38. The molecule has 0 radical (unpaired) electrons. The van der Waals surface area contributed by atoms with E-state index in [9.17, 15) is 17.2 Å². The molecule has 0 saturated heterocycles. The summed E-state index contributed by atoms with van der Waals surface area (Å²) < 4.78 is 51.7. The van der Waals surface area contributed by atoms with Crippen molar-refractivity contribution < 1.29 is 17.2 Å². The summed E-state index contributed by atoms with van der Waals surface area (Å²) >= 11 is 0. The molecule has 0 bridgehead atoms. The van der Waals surface area contributed by atoms with Crippen LogP contribution in [-0.4, -0.2) is 18.6 Å². The lowest BCUT2D eigenvalue weighted by Gasteiger charge is -2.07. The van der Waals surface area contributed by atoms with Crippen molar-refractivity contribution in [1.82, 2.24) is 10.2 Å². The van der Waals surface area contributed by atoms with E-state index in [-0.39, 0.29) is 10.6 Å². The third kappa shape index (κ3) is 2.48. The van der Waals surface area contributed by atoms with Crippen LogP contribution in [0.15, 0.2) is 29.3 Å². The predicted octanol–water partition coefficient (Wildman–Crippen LogP) is 1.80. The van der Waals surface area contributed by atoms with Crippen LogP contribution in [0.3, 0.4) is 0 Å². The molecule has 0 spiro atoms. The first kappa shape index (κ1) is 12.5. The van der Waals surface area contributed by atoms with E-state index in [0.717, 1.165) is 18.3 Å². The molecule has 1 heterocycles. The number of hydrogen-bond donors (Lipinski definition) is 2. The third-order valence-corrected chi connectivity index (χ3v) is 3.68. The number of nitrogens with zero attached hydrogens (tertiary/aromatic N) is 1. The van der Waals surface area contributed by atoms with Gasteiger partial charge in [-0.05, 0) is 19.1 Å². The Morgan fingerprint density at radius 1 is 1.22 bits per heavy atom. The highest BCUT2D eigenvalue weighted by Gasteiger charge is 2.19. The number of aryl methyl sites for hydroxylation is 1. The predicted molar refractivity (Wildman–Crippen MR) is 60.5 cm³/mol. The molecular formula is C10H9F2N3O2S. The van der Waals surface area contributed by atoms with Crippen molar-refractivity contribution in [2.75, 3.05) is 4.72 Å². The molecule has 2 aromatic rings. The van der Waals surface area contributed by atoms with Crippen molar-refractivity contribution in [2.24, 2.45) is 0 Å². The smallest absolute Gasteiger partial charge is 0.265 e. The van der Waals surface area contributed by atoms with Gasteiger partial charge in [-0.2, -0.15) is 5.10 Å². The van der Waals surface area contributed by atoms with Gasteiger partial charge in [-0.1, -0.05) is 0 Å². The Morgan fingerprint density at radius 2 is 1.83 bits per heavy atom. The van der Waals surface area contributed by atoms with Crippen LogP contribution in [0.5, 0.6) is 0 Å². The van der Waals surface area contributed by atoms with E-state index in [2.05, 4.69) is 14.9 Å². The van der Waals surface area contributed by atoms with Gasteiger partial charge in [0.1, 0.15) is 16.5 Å². The molecule has 0 atom stereocenters. The van der Waals surface area contributed by atoms with Gasteiger partial charge in [-0.25, -0.2) is 17.2 Å². The van der Waals surface area contributed by atoms with E-state index in [4.69, 9.17) is 0 Å². The van der Waals surface area contributed by atoms with Crippen LogP contribution in [0.2, 0.25) is 0 Å². The normalized spacial score (nSPS) is 11.5. The van der Waals surface area contributed by atoms with Crippen molar-refractivity contribution in [3.63, 3.8) is 0 Å². The minimum Gasteiger partial charge on any atom is -0.281 e. The van der Waals surface area contributed by atoms with E-state index >= 15 is 0 Å². The average Bonchev–Trinajstić information content (AvgIpc) is 2.62. The molecule has 0 fully saturated rings. The molecule has 18 heavy (non-hydrogen) atoms. The van der Waals surface area contributed by atoms with Gasteiger partial charge in [0.15, 0.2) is 0 Å². The molecular weight excluding hydrogens is 264 g/mol. The molecule has 2 rings (SSSR count). The van der Waals surface area contributed by atoms with Gasteiger partial charge in [-0.15, -0.1) is 0 Å². The zero-order valence-electron chi connectivity index (χ0n) is 9.24. The van der Waals surface area contributed by atoms with Crippen LogP contribution in [-0.2, 0) is 10.0 Å². The fourth-order valence-electron chi connectivity index (χ4n) is 1.43. The number of nitrogens with one attached hydrogen (secondary N) is 2. The Balaban J connectivity index is 2.37. The highest BCUT2D eigenvalue weighted by atomic mass is 32.2. The maximum Gasteiger partial charge on any atom is 0.265 e. The van der Waals surface area contributed by atoms with Crippen molar-refractivity contribution in [1.29, 1.82) is 0 Å². The Labute approximate surface area is 102 Å². The molecule has 1 aromatic heterocycles. The highest BCUT2D eigenvalue weighted by molar-refractivity contribution is 7.92. The largest absolute Gasteiger partial charge is 0.281 e. The lowest BCUT2D eigenvalue weighted by Crippen LogP contribution is -2.13. The van der Waals surface area contributed by atoms with Gasteiger partial charge >= 0.3 is 0 Å². The van der Waals surface area contributed by atoms with Gasteiger partial charge in [0.05, 0.1) is 17.6 Å². The van der Waals surface area contributed by atoms with Crippen molar-refractivity contribution >= 4 is 15.7 Å². The molecule has 0 aliphatic heterocycles. The minimum atomic E-state index is -3.91. The first-order valence-electron chi connectivity index (χ1n) is 4.87. The van der Waals surface area contributed by atoms with Crippen molar-refractivity contribution in [2.45, 2.75) is 11.8 Å². The van der Waals surface area contributed by atoms with E-state index in [1.807, 2.05) is 0 Å². The van der Waals surface area contributed by atoms with Crippen LogP contribution in [0, 0.1) is 18.6 Å². The van der Waals surface area contributed by atoms with Gasteiger partial charge in [0.2, 0.25) is 0 Å². The molecule has 5 nitrogen and oxygen atoms in total. The van der Waals surface area contributed by atoms with E-state index in [1.54, 1.807) is 0 Å². The molecule has 0 amide bonds.